The van der Waals surface area contributed by atoms with Gasteiger partial charge >= 0.3 is 6.18 Å². The van der Waals surface area contributed by atoms with Crippen LogP contribution in [0.3, 0.4) is 0 Å². The molecule has 2 nitrogen and oxygen atoms in total. The minimum atomic E-state index is -4.21. The van der Waals surface area contributed by atoms with Crippen molar-refractivity contribution in [2.75, 3.05) is 19.6 Å². The lowest BCUT2D eigenvalue weighted by atomic mass is 10.2. The molecule has 0 aliphatic carbocycles. The Morgan fingerprint density at radius 1 is 1.47 bits per heavy atom. The van der Waals surface area contributed by atoms with Gasteiger partial charge in [0.1, 0.15) is 4.88 Å². The highest BCUT2D eigenvalue weighted by molar-refractivity contribution is 7.12. The second kappa shape index (κ2) is 4.96. The summed E-state index contributed by atoms with van der Waals surface area (Å²) in [7, 11) is 0. The van der Waals surface area contributed by atoms with Gasteiger partial charge in [-0.2, -0.15) is 13.2 Å². The lowest BCUT2D eigenvalue weighted by molar-refractivity contribution is -0.134. The zero-order valence-corrected chi connectivity index (χ0v) is 10.4. The van der Waals surface area contributed by atoms with E-state index in [0.717, 1.165) is 35.8 Å². The Labute approximate surface area is 102 Å². The summed E-state index contributed by atoms with van der Waals surface area (Å²) in [6.07, 6.45) is -4.21. The van der Waals surface area contributed by atoms with Crippen LogP contribution >= 0.6 is 11.3 Å². The molecular formula is C11H15F3N2S. The Balaban J connectivity index is 2.01. The molecule has 1 atom stereocenters. The highest BCUT2D eigenvalue weighted by Gasteiger charge is 2.32. The molecule has 0 bridgehead atoms. The molecule has 1 saturated heterocycles. The van der Waals surface area contributed by atoms with Gasteiger partial charge in [-0.05, 0) is 19.1 Å². The molecule has 17 heavy (non-hydrogen) atoms. The Morgan fingerprint density at radius 2 is 2.24 bits per heavy atom. The Bertz CT molecular complexity index is 375. The van der Waals surface area contributed by atoms with Crippen molar-refractivity contribution >= 4 is 11.3 Å². The maximum Gasteiger partial charge on any atom is 0.425 e. The molecule has 0 aromatic carbocycles. The number of rotatable bonds is 2. The van der Waals surface area contributed by atoms with Crippen LogP contribution in [-0.2, 0) is 12.7 Å². The van der Waals surface area contributed by atoms with Gasteiger partial charge in [-0.3, -0.25) is 4.90 Å². The minimum absolute atomic E-state index is 0.375. The van der Waals surface area contributed by atoms with E-state index in [1.807, 2.05) is 0 Å². The van der Waals surface area contributed by atoms with Gasteiger partial charge in [0.05, 0.1) is 0 Å². The van der Waals surface area contributed by atoms with Crippen molar-refractivity contribution in [2.24, 2.45) is 0 Å². The molecule has 0 spiro atoms. The quantitative estimate of drug-likeness (QED) is 0.883. The molecule has 0 radical (unpaired) electrons. The van der Waals surface area contributed by atoms with Crippen molar-refractivity contribution in [1.82, 2.24) is 10.2 Å². The number of hydrogen-bond donors (Lipinski definition) is 1. The summed E-state index contributed by atoms with van der Waals surface area (Å²) >= 11 is 0.848. The number of nitrogens with zero attached hydrogens (tertiary/aromatic N) is 1. The average molecular weight is 264 g/mol. The van der Waals surface area contributed by atoms with E-state index in [-0.39, 0.29) is 0 Å². The molecule has 0 unspecified atom stereocenters. The summed E-state index contributed by atoms with van der Waals surface area (Å²) in [6.45, 7) is 5.40. The molecule has 0 amide bonds. The first-order chi connectivity index (χ1) is 7.97. The van der Waals surface area contributed by atoms with E-state index >= 15 is 0 Å². The zero-order chi connectivity index (χ0) is 12.5. The third-order valence-electron chi connectivity index (χ3n) is 2.94. The summed E-state index contributed by atoms with van der Waals surface area (Å²) in [6, 6.07) is 3.13. The van der Waals surface area contributed by atoms with Crippen LogP contribution in [0.15, 0.2) is 12.1 Å². The molecule has 2 heterocycles. The molecule has 1 aliphatic heterocycles. The number of hydrogen-bond acceptors (Lipinski definition) is 3. The topological polar surface area (TPSA) is 15.3 Å². The molecule has 0 saturated carbocycles. The van der Waals surface area contributed by atoms with Crippen molar-refractivity contribution in [3.8, 4) is 0 Å². The fourth-order valence-corrected chi connectivity index (χ4v) is 2.83. The van der Waals surface area contributed by atoms with Crippen LogP contribution in [-0.4, -0.2) is 30.6 Å². The molecular weight excluding hydrogens is 249 g/mol. The maximum atomic E-state index is 12.4. The number of piperazine rings is 1. The van der Waals surface area contributed by atoms with Gasteiger partial charge in [0.25, 0.3) is 0 Å². The number of thiophene rings is 1. The predicted octanol–water partition coefficient (Wildman–Crippen LogP) is 2.56. The molecule has 1 aliphatic rings. The first-order valence-corrected chi connectivity index (χ1v) is 6.39. The standard InChI is InChI=1S/C11H15F3N2S/c1-8-6-15-4-5-16(8)7-9-2-3-10(17-9)11(12,13)14/h2-3,8,15H,4-7H2,1H3/t8-/m1/s1. The molecule has 2 rings (SSSR count). The van der Waals surface area contributed by atoms with Gasteiger partial charge in [-0.25, -0.2) is 0 Å². The monoisotopic (exact) mass is 264 g/mol. The summed E-state index contributed by atoms with van der Waals surface area (Å²) in [5.74, 6) is 0. The first kappa shape index (κ1) is 12.9. The number of nitrogens with one attached hydrogen (secondary N) is 1. The number of alkyl halides is 3. The van der Waals surface area contributed by atoms with Crippen LogP contribution < -0.4 is 5.32 Å². The fourth-order valence-electron chi connectivity index (χ4n) is 1.93. The summed E-state index contributed by atoms with van der Waals surface area (Å²) < 4.78 is 37.3. The van der Waals surface area contributed by atoms with Crippen LogP contribution in [0.2, 0.25) is 0 Å². The summed E-state index contributed by atoms with van der Waals surface area (Å²) in [4.78, 5) is 2.49. The Hall–Kier alpha value is -0.590. The summed E-state index contributed by atoms with van der Waals surface area (Å²) in [5.41, 5.74) is 0. The summed E-state index contributed by atoms with van der Waals surface area (Å²) in [5, 5.41) is 3.26. The van der Waals surface area contributed by atoms with Gasteiger partial charge in [-0.15, -0.1) is 11.3 Å². The lowest BCUT2D eigenvalue weighted by Crippen LogP contribution is -2.49. The van der Waals surface area contributed by atoms with E-state index in [4.69, 9.17) is 0 Å². The molecule has 1 aromatic rings. The first-order valence-electron chi connectivity index (χ1n) is 5.57. The van der Waals surface area contributed by atoms with Crippen LogP contribution in [0.25, 0.3) is 0 Å². The SMILES string of the molecule is C[C@@H]1CNCCN1Cc1ccc(C(F)(F)F)s1. The smallest absolute Gasteiger partial charge is 0.314 e. The van der Waals surface area contributed by atoms with E-state index in [2.05, 4.69) is 17.1 Å². The van der Waals surface area contributed by atoms with Gasteiger partial charge in [0.15, 0.2) is 0 Å². The molecule has 1 fully saturated rings. The Kier molecular flexibility index (Phi) is 3.75. The molecule has 1 aromatic heterocycles. The third-order valence-corrected chi connectivity index (χ3v) is 4.05. The molecule has 96 valence electrons. The predicted molar refractivity (Wildman–Crippen MR) is 62.1 cm³/mol. The van der Waals surface area contributed by atoms with Crippen LogP contribution in [0.4, 0.5) is 13.2 Å². The lowest BCUT2D eigenvalue weighted by Gasteiger charge is -2.33. The van der Waals surface area contributed by atoms with Crippen LogP contribution in [0, 0.1) is 0 Å². The normalized spacial score (nSPS) is 22.9. The fraction of sp³-hybridized carbons (Fsp3) is 0.636. The minimum Gasteiger partial charge on any atom is -0.314 e. The van der Waals surface area contributed by atoms with E-state index in [0.29, 0.717) is 12.6 Å². The number of halogens is 3. The van der Waals surface area contributed by atoms with Crippen LogP contribution in [0.5, 0.6) is 0 Å². The van der Waals surface area contributed by atoms with Gasteiger partial charge in [-0.1, -0.05) is 0 Å². The third kappa shape index (κ3) is 3.20. The van der Waals surface area contributed by atoms with Gasteiger partial charge in [0.2, 0.25) is 0 Å². The van der Waals surface area contributed by atoms with Crippen LogP contribution in [0.1, 0.15) is 16.7 Å². The van der Waals surface area contributed by atoms with E-state index < -0.39 is 11.1 Å². The zero-order valence-electron chi connectivity index (χ0n) is 9.55. The maximum absolute atomic E-state index is 12.4. The molecule has 1 N–H and O–H groups in total. The second-order valence-electron chi connectivity index (χ2n) is 4.29. The average Bonchev–Trinajstić information content (AvgIpc) is 2.69. The van der Waals surface area contributed by atoms with E-state index in [1.54, 1.807) is 6.07 Å². The van der Waals surface area contributed by atoms with E-state index in [9.17, 15) is 13.2 Å². The van der Waals surface area contributed by atoms with Crippen molar-refractivity contribution in [3.63, 3.8) is 0 Å². The molecule has 6 heteroatoms. The van der Waals surface area contributed by atoms with Gasteiger partial charge in [0, 0.05) is 37.1 Å². The van der Waals surface area contributed by atoms with Crippen molar-refractivity contribution in [3.05, 3.63) is 21.9 Å². The Morgan fingerprint density at radius 3 is 2.82 bits per heavy atom. The van der Waals surface area contributed by atoms with Crippen molar-refractivity contribution < 1.29 is 13.2 Å². The van der Waals surface area contributed by atoms with Crippen molar-refractivity contribution in [1.29, 1.82) is 0 Å². The van der Waals surface area contributed by atoms with E-state index in [1.165, 1.54) is 6.07 Å². The highest BCUT2D eigenvalue weighted by Crippen LogP contribution is 2.35. The van der Waals surface area contributed by atoms with Crippen molar-refractivity contribution in [2.45, 2.75) is 25.7 Å². The highest BCUT2D eigenvalue weighted by atomic mass is 32.1. The second-order valence-corrected chi connectivity index (χ2v) is 5.46. The van der Waals surface area contributed by atoms with Gasteiger partial charge < -0.3 is 5.32 Å². The largest absolute Gasteiger partial charge is 0.425 e.